The van der Waals surface area contributed by atoms with E-state index in [0.717, 1.165) is 12.8 Å². The molecule has 0 aromatic heterocycles. The van der Waals surface area contributed by atoms with Gasteiger partial charge >= 0.3 is 5.70 Å². The van der Waals surface area contributed by atoms with Gasteiger partial charge in [0.05, 0.1) is 9.75 Å². The average molecular weight is 315 g/mol. The molecule has 0 bridgehead atoms. The third-order valence-electron chi connectivity index (χ3n) is 2.22. The van der Waals surface area contributed by atoms with Crippen LogP contribution in [-0.4, -0.2) is 9.75 Å². The number of halogens is 3. The van der Waals surface area contributed by atoms with Gasteiger partial charge in [0.25, 0.3) is 0 Å². The zero-order chi connectivity index (χ0) is 11.6. The molecule has 1 rings (SSSR count). The standard InChI is InChI=1S/C9H10BrCl2NO2/c1-5-2-3-7(11)9(13(14)15)8(12)6(10)4-5/h3,5-6H,2,4H2,1H3/t5-,6?/m1/s1. The van der Waals surface area contributed by atoms with Gasteiger partial charge in [-0.15, -0.1) is 0 Å². The molecular formula is C9H10BrCl2NO2. The number of nitrogens with zero attached hydrogens (tertiary/aromatic N) is 1. The number of alkyl halides is 1. The van der Waals surface area contributed by atoms with Crippen LogP contribution in [0.2, 0.25) is 0 Å². The lowest BCUT2D eigenvalue weighted by molar-refractivity contribution is -0.420. The summed E-state index contributed by atoms with van der Waals surface area (Å²) in [5.41, 5.74) is -0.188. The van der Waals surface area contributed by atoms with E-state index in [1.165, 1.54) is 0 Å². The maximum absolute atomic E-state index is 10.8. The van der Waals surface area contributed by atoms with Gasteiger partial charge in [0.15, 0.2) is 0 Å². The minimum atomic E-state index is -0.536. The lowest BCUT2D eigenvalue weighted by Crippen LogP contribution is -2.13. The summed E-state index contributed by atoms with van der Waals surface area (Å²) in [6.07, 6.45) is 3.14. The molecule has 1 unspecified atom stereocenters. The van der Waals surface area contributed by atoms with Gasteiger partial charge in [-0.3, -0.25) is 10.1 Å². The van der Waals surface area contributed by atoms with Crippen molar-refractivity contribution in [1.29, 1.82) is 0 Å². The lowest BCUT2D eigenvalue weighted by atomic mass is 9.98. The van der Waals surface area contributed by atoms with Gasteiger partial charge in [0.2, 0.25) is 0 Å². The molecule has 1 aliphatic carbocycles. The van der Waals surface area contributed by atoms with E-state index >= 15 is 0 Å². The monoisotopic (exact) mass is 313 g/mol. The lowest BCUT2D eigenvalue weighted by Gasteiger charge is -2.16. The molecule has 6 heteroatoms. The van der Waals surface area contributed by atoms with Crippen LogP contribution in [0.15, 0.2) is 21.8 Å². The zero-order valence-electron chi connectivity index (χ0n) is 8.04. The molecule has 1 aliphatic rings. The fourth-order valence-electron chi connectivity index (χ4n) is 1.39. The number of hydrogen-bond donors (Lipinski definition) is 0. The summed E-state index contributed by atoms with van der Waals surface area (Å²) in [7, 11) is 0. The van der Waals surface area contributed by atoms with E-state index in [-0.39, 0.29) is 20.6 Å². The van der Waals surface area contributed by atoms with Crippen molar-refractivity contribution in [3.8, 4) is 0 Å². The van der Waals surface area contributed by atoms with E-state index in [1.807, 2.05) is 0 Å². The Morgan fingerprint density at radius 2 is 2.20 bits per heavy atom. The second-order valence-corrected chi connectivity index (χ2v) is 5.47. The summed E-state index contributed by atoms with van der Waals surface area (Å²) in [4.78, 5) is 10.1. The van der Waals surface area contributed by atoms with E-state index in [0.29, 0.717) is 5.92 Å². The van der Waals surface area contributed by atoms with Gasteiger partial charge in [0, 0.05) is 0 Å². The average Bonchev–Trinajstić information content (AvgIpc) is 2.12. The second kappa shape index (κ2) is 5.32. The first-order valence-corrected chi connectivity index (χ1v) is 6.14. The van der Waals surface area contributed by atoms with Crippen molar-refractivity contribution in [1.82, 2.24) is 0 Å². The van der Waals surface area contributed by atoms with Crippen LogP contribution in [0.3, 0.4) is 0 Å². The molecule has 0 aromatic carbocycles. The fourth-order valence-corrected chi connectivity index (χ4v) is 2.81. The molecule has 84 valence electrons. The maximum Gasteiger partial charge on any atom is 0.303 e. The van der Waals surface area contributed by atoms with E-state index in [1.54, 1.807) is 6.08 Å². The molecule has 0 aromatic rings. The normalized spacial score (nSPS) is 28.1. The first-order chi connectivity index (χ1) is 6.93. The van der Waals surface area contributed by atoms with Gasteiger partial charge < -0.3 is 0 Å². The molecule has 0 fully saturated rings. The van der Waals surface area contributed by atoms with Crippen LogP contribution < -0.4 is 0 Å². The van der Waals surface area contributed by atoms with Gasteiger partial charge in [-0.05, 0) is 18.8 Å². The van der Waals surface area contributed by atoms with E-state index < -0.39 is 4.92 Å². The highest BCUT2D eigenvalue weighted by Crippen LogP contribution is 2.34. The molecule has 0 N–H and O–H groups in total. The maximum atomic E-state index is 10.8. The highest BCUT2D eigenvalue weighted by molar-refractivity contribution is 9.09. The van der Waals surface area contributed by atoms with Crippen molar-refractivity contribution in [2.75, 3.05) is 0 Å². The van der Waals surface area contributed by atoms with Crippen LogP contribution in [0, 0.1) is 16.0 Å². The quantitative estimate of drug-likeness (QED) is 0.416. The Kier molecular flexibility index (Phi) is 4.62. The number of hydrogen-bond acceptors (Lipinski definition) is 2. The summed E-state index contributed by atoms with van der Waals surface area (Å²) < 4.78 is 0. The fraction of sp³-hybridized carbons (Fsp3) is 0.556. The molecule has 0 aliphatic heterocycles. The summed E-state index contributed by atoms with van der Waals surface area (Å²) in [5, 5.41) is 11.1. The summed E-state index contributed by atoms with van der Waals surface area (Å²) in [5.74, 6) is 0.394. The van der Waals surface area contributed by atoms with Crippen LogP contribution in [0.4, 0.5) is 0 Å². The van der Waals surface area contributed by atoms with Gasteiger partial charge in [-0.2, -0.15) is 0 Å². The SMILES string of the molecule is C[C@@H]1CC=C(Cl)C([N+](=O)[O-])=C(Cl)C(Br)C1. The first-order valence-electron chi connectivity index (χ1n) is 4.47. The number of allylic oxidation sites excluding steroid dienone is 3. The molecule has 0 amide bonds. The van der Waals surface area contributed by atoms with Crippen molar-refractivity contribution in [2.24, 2.45) is 5.92 Å². The Labute approximate surface area is 106 Å². The Balaban J connectivity index is 3.16. The van der Waals surface area contributed by atoms with Crippen molar-refractivity contribution in [3.63, 3.8) is 0 Å². The highest BCUT2D eigenvalue weighted by Gasteiger charge is 2.28. The molecule has 0 spiro atoms. The molecular weight excluding hydrogens is 305 g/mol. The first kappa shape index (κ1) is 13.0. The molecule has 0 saturated heterocycles. The molecule has 0 heterocycles. The Morgan fingerprint density at radius 1 is 1.60 bits per heavy atom. The predicted molar refractivity (Wildman–Crippen MR) is 64.9 cm³/mol. The van der Waals surface area contributed by atoms with Gasteiger partial charge in [-0.1, -0.05) is 52.1 Å². The summed E-state index contributed by atoms with van der Waals surface area (Å²) >= 11 is 15.1. The topological polar surface area (TPSA) is 43.1 Å². The van der Waals surface area contributed by atoms with Crippen LogP contribution in [0.1, 0.15) is 19.8 Å². The van der Waals surface area contributed by atoms with Crippen molar-refractivity contribution >= 4 is 39.1 Å². The largest absolute Gasteiger partial charge is 0.303 e. The number of nitro groups is 1. The molecule has 3 nitrogen and oxygen atoms in total. The van der Waals surface area contributed by atoms with Crippen LogP contribution in [0.5, 0.6) is 0 Å². The predicted octanol–water partition coefficient (Wildman–Crippen LogP) is 4.03. The highest BCUT2D eigenvalue weighted by atomic mass is 79.9. The molecule has 15 heavy (non-hydrogen) atoms. The number of rotatable bonds is 1. The third kappa shape index (κ3) is 3.20. The van der Waals surface area contributed by atoms with Gasteiger partial charge in [-0.25, -0.2) is 0 Å². The minimum absolute atomic E-state index is 0.126. The van der Waals surface area contributed by atoms with Crippen molar-refractivity contribution in [3.05, 3.63) is 32.0 Å². The Bertz CT molecular complexity index is 341. The second-order valence-electron chi connectivity index (χ2n) is 3.55. The smallest absolute Gasteiger partial charge is 0.258 e. The van der Waals surface area contributed by atoms with Gasteiger partial charge in [0.1, 0.15) is 10.1 Å². The molecule has 2 atom stereocenters. The van der Waals surface area contributed by atoms with Crippen LogP contribution in [0.25, 0.3) is 0 Å². The van der Waals surface area contributed by atoms with E-state index in [2.05, 4.69) is 22.9 Å². The van der Waals surface area contributed by atoms with Crippen molar-refractivity contribution < 1.29 is 4.92 Å². The molecule has 0 saturated carbocycles. The Morgan fingerprint density at radius 3 is 2.73 bits per heavy atom. The molecule has 0 radical (unpaired) electrons. The summed E-state index contributed by atoms with van der Waals surface area (Å²) in [6, 6.07) is 0. The zero-order valence-corrected chi connectivity index (χ0v) is 11.1. The van der Waals surface area contributed by atoms with E-state index in [4.69, 9.17) is 23.2 Å². The van der Waals surface area contributed by atoms with Crippen LogP contribution in [-0.2, 0) is 0 Å². The Hall–Kier alpha value is -0.0600. The van der Waals surface area contributed by atoms with Crippen molar-refractivity contribution in [2.45, 2.75) is 24.6 Å². The minimum Gasteiger partial charge on any atom is -0.258 e. The van der Waals surface area contributed by atoms with Crippen LogP contribution >= 0.6 is 39.1 Å². The summed E-state index contributed by atoms with van der Waals surface area (Å²) in [6.45, 7) is 2.05. The van der Waals surface area contributed by atoms with E-state index in [9.17, 15) is 10.1 Å². The third-order valence-corrected chi connectivity index (χ3v) is 4.09.